The molecule has 0 unspecified atom stereocenters. The van der Waals surface area contributed by atoms with Gasteiger partial charge in [0, 0.05) is 31.9 Å². The van der Waals surface area contributed by atoms with Crippen molar-refractivity contribution in [2.45, 2.75) is 32.5 Å². The Kier molecular flexibility index (Phi) is 6.35. The molecule has 0 radical (unpaired) electrons. The van der Waals surface area contributed by atoms with Crippen molar-refractivity contribution in [1.29, 1.82) is 0 Å². The Hall–Kier alpha value is -2.70. The molecule has 156 valence electrons. The minimum Gasteiger partial charge on any atom is -0.481 e. The summed E-state index contributed by atoms with van der Waals surface area (Å²) in [7, 11) is 0. The van der Waals surface area contributed by atoms with E-state index in [0.29, 0.717) is 37.6 Å². The lowest BCUT2D eigenvalue weighted by Gasteiger charge is -2.37. The van der Waals surface area contributed by atoms with Gasteiger partial charge < -0.3 is 14.5 Å². The van der Waals surface area contributed by atoms with Gasteiger partial charge in [-0.25, -0.2) is 0 Å². The van der Waals surface area contributed by atoms with Gasteiger partial charge in [-0.05, 0) is 43.2 Å². The quantitative estimate of drug-likeness (QED) is 0.739. The third-order valence-electron chi connectivity index (χ3n) is 5.13. The van der Waals surface area contributed by atoms with Crippen LogP contribution in [0.25, 0.3) is 0 Å². The van der Waals surface area contributed by atoms with Gasteiger partial charge >= 0.3 is 6.18 Å². The Morgan fingerprint density at radius 3 is 2.41 bits per heavy atom. The first kappa shape index (κ1) is 21.0. The van der Waals surface area contributed by atoms with Gasteiger partial charge in [-0.1, -0.05) is 31.2 Å². The summed E-state index contributed by atoms with van der Waals surface area (Å²) < 4.78 is 44.7. The van der Waals surface area contributed by atoms with E-state index in [-0.39, 0.29) is 5.91 Å². The fourth-order valence-corrected chi connectivity index (χ4v) is 3.47. The molecule has 1 saturated heterocycles. The van der Waals surface area contributed by atoms with Gasteiger partial charge in [0.2, 0.25) is 0 Å². The molecule has 7 heteroatoms. The summed E-state index contributed by atoms with van der Waals surface area (Å²) in [4.78, 5) is 16.3. The van der Waals surface area contributed by atoms with Crippen LogP contribution in [0.2, 0.25) is 0 Å². The minimum atomic E-state index is -4.37. The van der Waals surface area contributed by atoms with Crippen molar-refractivity contribution in [3.05, 3.63) is 59.7 Å². The summed E-state index contributed by atoms with van der Waals surface area (Å²) in [5.74, 6) is 0.595. The Labute approximate surface area is 168 Å². The van der Waals surface area contributed by atoms with Crippen LogP contribution in [0, 0.1) is 0 Å². The van der Waals surface area contributed by atoms with Crippen molar-refractivity contribution in [2.24, 2.45) is 0 Å². The van der Waals surface area contributed by atoms with Gasteiger partial charge in [0.05, 0.1) is 5.56 Å². The van der Waals surface area contributed by atoms with E-state index in [1.54, 1.807) is 17.9 Å². The zero-order valence-electron chi connectivity index (χ0n) is 16.6. The van der Waals surface area contributed by atoms with Crippen LogP contribution in [0.15, 0.2) is 48.5 Å². The summed E-state index contributed by atoms with van der Waals surface area (Å²) >= 11 is 0. The maximum atomic E-state index is 12.9. The number of carbonyl (C=O) groups is 1. The van der Waals surface area contributed by atoms with Gasteiger partial charge in [0.25, 0.3) is 5.91 Å². The number of piperazine rings is 1. The molecule has 0 aliphatic carbocycles. The van der Waals surface area contributed by atoms with Crippen molar-refractivity contribution in [2.75, 3.05) is 31.1 Å². The maximum absolute atomic E-state index is 12.9. The summed E-state index contributed by atoms with van der Waals surface area (Å²) in [5, 5.41) is 0. The highest BCUT2D eigenvalue weighted by molar-refractivity contribution is 5.81. The molecule has 1 aliphatic heterocycles. The van der Waals surface area contributed by atoms with E-state index in [1.807, 2.05) is 36.1 Å². The number of hydrogen-bond donors (Lipinski definition) is 0. The normalized spacial score (nSPS) is 15.9. The number of carbonyl (C=O) groups excluding carboxylic acids is 1. The van der Waals surface area contributed by atoms with Gasteiger partial charge in [-0.3, -0.25) is 4.79 Å². The predicted octanol–water partition coefficient (Wildman–Crippen LogP) is 4.38. The van der Waals surface area contributed by atoms with Gasteiger partial charge in [0.1, 0.15) is 5.75 Å². The molecule has 1 amide bonds. The van der Waals surface area contributed by atoms with Crippen LogP contribution < -0.4 is 9.64 Å². The number of alkyl halides is 3. The van der Waals surface area contributed by atoms with Crippen LogP contribution in [0.3, 0.4) is 0 Å². The van der Waals surface area contributed by atoms with E-state index < -0.39 is 17.8 Å². The first-order chi connectivity index (χ1) is 13.8. The molecule has 0 aromatic heterocycles. The Balaban J connectivity index is 1.59. The first-order valence-electron chi connectivity index (χ1n) is 9.75. The standard InChI is InChI=1S/C22H25F3N2O2/c1-3-17-7-4-5-10-20(17)29-16(2)21(28)27-13-11-26(12-14-27)19-9-6-8-18(15-19)22(23,24)25/h4-10,15-16H,3,11-14H2,1-2H3/t16-/m1/s1. The largest absolute Gasteiger partial charge is 0.481 e. The number of halogens is 3. The topological polar surface area (TPSA) is 32.8 Å². The lowest BCUT2D eigenvalue weighted by atomic mass is 10.1. The fourth-order valence-electron chi connectivity index (χ4n) is 3.47. The number of nitrogens with zero attached hydrogens (tertiary/aromatic N) is 2. The van der Waals surface area contributed by atoms with Crippen molar-refractivity contribution in [1.82, 2.24) is 4.90 Å². The number of para-hydroxylation sites is 1. The van der Waals surface area contributed by atoms with Crippen molar-refractivity contribution >= 4 is 11.6 Å². The second-order valence-electron chi connectivity index (χ2n) is 7.08. The Morgan fingerprint density at radius 1 is 1.07 bits per heavy atom. The molecule has 0 bridgehead atoms. The van der Waals surface area contributed by atoms with E-state index in [9.17, 15) is 18.0 Å². The lowest BCUT2D eigenvalue weighted by molar-refractivity contribution is -0.138. The SMILES string of the molecule is CCc1ccccc1O[C@H](C)C(=O)N1CCN(c2cccc(C(F)(F)F)c2)CC1. The van der Waals surface area contributed by atoms with Crippen molar-refractivity contribution in [3.63, 3.8) is 0 Å². The van der Waals surface area contributed by atoms with Crippen molar-refractivity contribution in [3.8, 4) is 5.75 Å². The second-order valence-corrected chi connectivity index (χ2v) is 7.08. The molecule has 1 heterocycles. The molecule has 29 heavy (non-hydrogen) atoms. The molecule has 1 atom stereocenters. The molecular weight excluding hydrogens is 381 g/mol. The first-order valence-corrected chi connectivity index (χ1v) is 9.75. The molecule has 4 nitrogen and oxygen atoms in total. The van der Waals surface area contributed by atoms with E-state index in [0.717, 1.165) is 24.1 Å². The highest BCUT2D eigenvalue weighted by atomic mass is 19.4. The number of ether oxygens (including phenoxy) is 1. The molecule has 0 N–H and O–H groups in total. The van der Waals surface area contributed by atoms with E-state index in [4.69, 9.17) is 4.74 Å². The maximum Gasteiger partial charge on any atom is 0.416 e. The fraction of sp³-hybridized carbons (Fsp3) is 0.409. The molecule has 2 aromatic carbocycles. The zero-order valence-corrected chi connectivity index (χ0v) is 16.6. The van der Waals surface area contributed by atoms with Crippen LogP contribution in [-0.2, 0) is 17.4 Å². The van der Waals surface area contributed by atoms with Gasteiger partial charge in [-0.15, -0.1) is 0 Å². The van der Waals surface area contributed by atoms with E-state index in [1.165, 1.54) is 6.07 Å². The molecule has 0 saturated carbocycles. The molecule has 3 rings (SSSR count). The predicted molar refractivity (Wildman–Crippen MR) is 106 cm³/mol. The second kappa shape index (κ2) is 8.76. The monoisotopic (exact) mass is 406 g/mol. The number of amides is 1. The highest BCUT2D eigenvalue weighted by Gasteiger charge is 2.31. The smallest absolute Gasteiger partial charge is 0.416 e. The van der Waals surface area contributed by atoms with E-state index in [2.05, 4.69) is 0 Å². The number of anilines is 1. The molecule has 2 aromatic rings. The minimum absolute atomic E-state index is 0.111. The zero-order chi connectivity index (χ0) is 21.0. The summed E-state index contributed by atoms with van der Waals surface area (Å²) in [6.45, 7) is 5.60. The lowest BCUT2D eigenvalue weighted by Crippen LogP contribution is -2.52. The average molecular weight is 406 g/mol. The Bertz CT molecular complexity index is 846. The van der Waals surface area contributed by atoms with Gasteiger partial charge in [-0.2, -0.15) is 13.2 Å². The van der Waals surface area contributed by atoms with Crippen LogP contribution in [-0.4, -0.2) is 43.1 Å². The third-order valence-corrected chi connectivity index (χ3v) is 5.13. The van der Waals surface area contributed by atoms with Crippen LogP contribution in [0.5, 0.6) is 5.75 Å². The molecule has 0 spiro atoms. The molecular formula is C22H25F3N2O2. The highest BCUT2D eigenvalue weighted by Crippen LogP contribution is 2.32. The number of rotatable bonds is 5. The van der Waals surface area contributed by atoms with Gasteiger partial charge in [0.15, 0.2) is 6.10 Å². The average Bonchev–Trinajstić information content (AvgIpc) is 2.73. The molecule has 1 aliphatic rings. The van der Waals surface area contributed by atoms with E-state index >= 15 is 0 Å². The van der Waals surface area contributed by atoms with Crippen LogP contribution >= 0.6 is 0 Å². The number of hydrogen-bond acceptors (Lipinski definition) is 3. The summed E-state index contributed by atoms with van der Waals surface area (Å²) in [5.41, 5.74) is 0.903. The van der Waals surface area contributed by atoms with Crippen LogP contribution in [0.1, 0.15) is 25.0 Å². The Morgan fingerprint density at radius 2 is 1.76 bits per heavy atom. The number of aryl methyl sites for hydroxylation is 1. The van der Waals surface area contributed by atoms with Crippen molar-refractivity contribution < 1.29 is 22.7 Å². The molecule has 1 fully saturated rings. The summed E-state index contributed by atoms with van der Waals surface area (Å²) in [6.07, 6.45) is -4.18. The number of benzene rings is 2. The third kappa shape index (κ3) is 5.02. The summed E-state index contributed by atoms with van der Waals surface area (Å²) in [6, 6.07) is 12.9. The van der Waals surface area contributed by atoms with Crippen LogP contribution in [0.4, 0.5) is 18.9 Å².